The zero-order valence-electron chi connectivity index (χ0n) is 12.3. The average molecular weight is 273 g/mol. The molecule has 2 aliphatic carbocycles. The molecule has 1 heterocycles. The second kappa shape index (κ2) is 5.43. The van der Waals surface area contributed by atoms with Gasteiger partial charge in [0.05, 0.1) is 0 Å². The van der Waals surface area contributed by atoms with E-state index in [4.69, 9.17) is 0 Å². The average Bonchev–Trinajstić information content (AvgIpc) is 3.36. The first-order valence-corrected chi connectivity index (χ1v) is 7.71. The zero-order valence-corrected chi connectivity index (χ0v) is 12.3. The molecule has 0 saturated heterocycles. The summed E-state index contributed by atoms with van der Waals surface area (Å²) in [5.74, 6) is 2.27. The standard InChI is InChI=1S/C16H23N3O/c1-3-13-8-12(9-14(17-2)18-13)16(20)19-15(10-4-5-10)11-6-7-11/h8-11,15H,3-7H2,1-2H3,(H,17,18)(H,19,20). The summed E-state index contributed by atoms with van der Waals surface area (Å²) in [5.41, 5.74) is 1.68. The normalized spacial score (nSPS) is 18.1. The second-order valence-electron chi connectivity index (χ2n) is 6.01. The van der Waals surface area contributed by atoms with E-state index in [1.807, 2.05) is 19.2 Å². The predicted molar refractivity (Wildman–Crippen MR) is 79.9 cm³/mol. The van der Waals surface area contributed by atoms with Crippen molar-refractivity contribution < 1.29 is 4.79 Å². The first-order valence-electron chi connectivity index (χ1n) is 7.71. The number of hydrogen-bond donors (Lipinski definition) is 2. The number of nitrogens with zero attached hydrogens (tertiary/aromatic N) is 1. The molecule has 0 aliphatic heterocycles. The van der Waals surface area contributed by atoms with Gasteiger partial charge in [-0.25, -0.2) is 4.98 Å². The van der Waals surface area contributed by atoms with E-state index in [0.29, 0.717) is 6.04 Å². The van der Waals surface area contributed by atoms with Gasteiger partial charge in [0, 0.05) is 24.3 Å². The van der Waals surface area contributed by atoms with E-state index < -0.39 is 0 Å². The number of pyridine rings is 1. The fourth-order valence-corrected chi connectivity index (χ4v) is 2.79. The summed E-state index contributed by atoms with van der Waals surface area (Å²) in [4.78, 5) is 16.9. The van der Waals surface area contributed by atoms with E-state index in [2.05, 4.69) is 22.5 Å². The van der Waals surface area contributed by atoms with Crippen molar-refractivity contribution in [1.29, 1.82) is 0 Å². The van der Waals surface area contributed by atoms with E-state index >= 15 is 0 Å². The van der Waals surface area contributed by atoms with Crippen molar-refractivity contribution in [1.82, 2.24) is 10.3 Å². The van der Waals surface area contributed by atoms with Crippen molar-refractivity contribution in [2.24, 2.45) is 11.8 Å². The molecule has 0 atom stereocenters. The lowest BCUT2D eigenvalue weighted by Gasteiger charge is -2.18. The first kappa shape index (κ1) is 13.4. The highest BCUT2D eigenvalue weighted by atomic mass is 16.1. The molecular formula is C16H23N3O. The van der Waals surface area contributed by atoms with Crippen LogP contribution in [0, 0.1) is 11.8 Å². The Morgan fingerprint density at radius 3 is 2.45 bits per heavy atom. The summed E-state index contributed by atoms with van der Waals surface area (Å²) < 4.78 is 0. The fraction of sp³-hybridized carbons (Fsp3) is 0.625. The Morgan fingerprint density at radius 2 is 1.95 bits per heavy atom. The number of nitrogens with one attached hydrogen (secondary N) is 2. The van der Waals surface area contributed by atoms with Crippen LogP contribution in [-0.2, 0) is 6.42 Å². The van der Waals surface area contributed by atoms with E-state index in [-0.39, 0.29) is 5.91 Å². The molecule has 1 amide bonds. The van der Waals surface area contributed by atoms with Crippen LogP contribution in [0.5, 0.6) is 0 Å². The molecule has 0 bridgehead atoms. The molecule has 108 valence electrons. The Balaban J connectivity index is 1.75. The summed E-state index contributed by atoms with van der Waals surface area (Å²) in [6, 6.07) is 4.15. The van der Waals surface area contributed by atoms with Gasteiger partial charge in [-0.1, -0.05) is 6.92 Å². The van der Waals surface area contributed by atoms with Crippen molar-refractivity contribution >= 4 is 11.7 Å². The van der Waals surface area contributed by atoms with Gasteiger partial charge in [-0.05, 0) is 56.1 Å². The van der Waals surface area contributed by atoms with Crippen LogP contribution in [0.25, 0.3) is 0 Å². The lowest BCUT2D eigenvalue weighted by atomic mass is 10.1. The zero-order chi connectivity index (χ0) is 14.1. The van der Waals surface area contributed by atoms with Gasteiger partial charge in [-0.2, -0.15) is 0 Å². The van der Waals surface area contributed by atoms with Crippen LogP contribution >= 0.6 is 0 Å². The predicted octanol–water partition coefficient (Wildman–Crippen LogP) is 2.60. The molecule has 2 aliphatic rings. The van der Waals surface area contributed by atoms with Crippen LogP contribution in [0.2, 0.25) is 0 Å². The molecule has 4 nitrogen and oxygen atoms in total. The van der Waals surface area contributed by atoms with Crippen molar-refractivity contribution in [2.75, 3.05) is 12.4 Å². The molecule has 4 heteroatoms. The Kier molecular flexibility index (Phi) is 3.64. The summed E-state index contributed by atoms with van der Waals surface area (Å²) in [6.07, 6.45) is 5.95. The van der Waals surface area contributed by atoms with Crippen molar-refractivity contribution in [3.05, 3.63) is 23.4 Å². The maximum atomic E-state index is 12.5. The molecule has 1 aromatic heterocycles. The molecule has 0 unspecified atom stereocenters. The van der Waals surface area contributed by atoms with Crippen LogP contribution in [-0.4, -0.2) is 24.0 Å². The Morgan fingerprint density at radius 1 is 1.30 bits per heavy atom. The fourth-order valence-electron chi connectivity index (χ4n) is 2.79. The monoisotopic (exact) mass is 273 g/mol. The number of amides is 1. The third-order valence-electron chi connectivity index (χ3n) is 4.32. The molecule has 20 heavy (non-hydrogen) atoms. The van der Waals surface area contributed by atoms with Gasteiger partial charge >= 0.3 is 0 Å². The lowest BCUT2D eigenvalue weighted by molar-refractivity contribution is 0.0926. The van der Waals surface area contributed by atoms with Crippen LogP contribution in [0.3, 0.4) is 0 Å². The van der Waals surface area contributed by atoms with Gasteiger partial charge in [0.2, 0.25) is 0 Å². The van der Waals surface area contributed by atoms with Gasteiger partial charge in [-0.3, -0.25) is 4.79 Å². The number of carbonyl (C=O) groups excluding carboxylic acids is 1. The van der Waals surface area contributed by atoms with Crippen LogP contribution in [0.4, 0.5) is 5.82 Å². The minimum absolute atomic E-state index is 0.0578. The molecule has 3 rings (SSSR count). The van der Waals surface area contributed by atoms with Gasteiger partial charge < -0.3 is 10.6 Å². The third-order valence-corrected chi connectivity index (χ3v) is 4.32. The number of rotatable bonds is 6. The van der Waals surface area contributed by atoms with Gasteiger partial charge in [0.15, 0.2) is 0 Å². The summed E-state index contributed by atoms with van der Waals surface area (Å²) in [5, 5.41) is 6.29. The van der Waals surface area contributed by atoms with Crippen molar-refractivity contribution in [3.63, 3.8) is 0 Å². The number of aryl methyl sites for hydroxylation is 1. The van der Waals surface area contributed by atoms with Crippen molar-refractivity contribution in [3.8, 4) is 0 Å². The molecule has 2 N–H and O–H groups in total. The molecule has 0 radical (unpaired) electrons. The molecule has 0 spiro atoms. The van der Waals surface area contributed by atoms with Gasteiger partial charge in [0.1, 0.15) is 5.82 Å². The van der Waals surface area contributed by atoms with Crippen LogP contribution in [0.1, 0.15) is 48.7 Å². The maximum Gasteiger partial charge on any atom is 0.251 e. The summed E-state index contributed by atoms with van der Waals surface area (Å²) in [6.45, 7) is 2.06. The van der Waals surface area contributed by atoms with Gasteiger partial charge in [0.25, 0.3) is 5.91 Å². The summed E-state index contributed by atoms with van der Waals surface area (Å²) >= 11 is 0. The largest absolute Gasteiger partial charge is 0.373 e. The minimum Gasteiger partial charge on any atom is -0.373 e. The van der Waals surface area contributed by atoms with E-state index in [0.717, 1.165) is 35.3 Å². The highest BCUT2D eigenvalue weighted by Gasteiger charge is 2.42. The van der Waals surface area contributed by atoms with E-state index in [9.17, 15) is 4.79 Å². The SMILES string of the molecule is CCc1cc(C(=O)NC(C2CC2)C2CC2)cc(NC)n1. The molecule has 1 aromatic rings. The van der Waals surface area contributed by atoms with Gasteiger partial charge in [-0.15, -0.1) is 0 Å². The van der Waals surface area contributed by atoms with Crippen LogP contribution < -0.4 is 10.6 Å². The quantitative estimate of drug-likeness (QED) is 0.837. The van der Waals surface area contributed by atoms with E-state index in [1.54, 1.807) is 0 Å². The molecule has 0 aromatic carbocycles. The number of carbonyl (C=O) groups is 1. The maximum absolute atomic E-state index is 12.5. The lowest BCUT2D eigenvalue weighted by Crippen LogP contribution is -2.38. The smallest absolute Gasteiger partial charge is 0.251 e. The number of aromatic nitrogens is 1. The van der Waals surface area contributed by atoms with Crippen molar-refractivity contribution in [2.45, 2.75) is 45.1 Å². The number of anilines is 1. The summed E-state index contributed by atoms with van der Waals surface area (Å²) in [7, 11) is 1.83. The third kappa shape index (κ3) is 2.94. The highest BCUT2D eigenvalue weighted by molar-refractivity contribution is 5.95. The second-order valence-corrected chi connectivity index (χ2v) is 6.01. The molecule has 2 fully saturated rings. The molecule has 2 saturated carbocycles. The number of hydrogen-bond acceptors (Lipinski definition) is 3. The Labute approximate surface area is 120 Å². The minimum atomic E-state index is 0.0578. The first-order chi connectivity index (χ1) is 9.71. The van der Waals surface area contributed by atoms with Crippen LogP contribution in [0.15, 0.2) is 12.1 Å². The Bertz CT molecular complexity index is 472. The topological polar surface area (TPSA) is 54.0 Å². The van der Waals surface area contributed by atoms with E-state index in [1.165, 1.54) is 25.7 Å². The molecular weight excluding hydrogens is 250 g/mol. The highest BCUT2D eigenvalue weighted by Crippen LogP contribution is 2.44. The Hall–Kier alpha value is -1.58.